The normalized spacial score (nSPS) is 23.6. The van der Waals surface area contributed by atoms with Crippen LogP contribution < -0.4 is 122 Å². The number of hydrogen-bond donors (Lipinski definition) is 3. The van der Waals surface area contributed by atoms with E-state index in [4.69, 9.17) is 0 Å². The van der Waals surface area contributed by atoms with Crippen LogP contribution in [0.1, 0.15) is 18.3 Å². The Hall–Kier alpha value is 1.84. The Balaban J connectivity index is 0.00000132. The molecule has 10 heteroatoms. The van der Waals surface area contributed by atoms with Crippen molar-refractivity contribution in [2.75, 3.05) is 6.61 Å². The van der Waals surface area contributed by atoms with Crippen molar-refractivity contribution in [1.29, 1.82) is 0 Å². The first kappa shape index (κ1) is 22.9. The standard InChI is InChI=1S/C13H16N4O3Si.2Rb/c1-6-8(4-18)10(21-20)3-9(6)17-5-14-11-12(17)15-7(2)16-13(11)19;;/h5,8-10,18,20H,1,3-4H2,2H3,(H,15,16,19);;/q-1;2*+1/t8-,9-,10-;;/m0../s1. The molecule has 0 bridgehead atoms. The Morgan fingerprint density at radius 2 is 2.22 bits per heavy atom. The molecule has 1 aliphatic carbocycles. The maximum absolute atomic E-state index is 11.9. The van der Waals surface area contributed by atoms with Crippen LogP contribution in [-0.4, -0.2) is 45.8 Å². The van der Waals surface area contributed by atoms with E-state index in [-0.39, 0.29) is 156 Å². The van der Waals surface area contributed by atoms with E-state index >= 15 is 0 Å². The average Bonchev–Trinajstić information content (AvgIpc) is 2.99. The van der Waals surface area contributed by atoms with Crippen LogP contribution in [0.25, 0.3) is 11.2 Å². The molecule has 0 aliphatic heterocycles. The van der Waals surface area contributed by atoms with Crippen LogP contribution in [0.2, 0.25) is 5.54 Å². The van der Waals surface area contributed by atoms with Crippen molar-refractivity contribution in [3.8, 4) is 0 Å². The minimum Gasteiger partial charge on any atom is -0.634 e. The van der Waals surface area contributed by atoms with Crippen molar-refractivity contribution < 1.29 is 126 Å². The molecular weight excluding hydrogens is 459 g/mol. The van der Waals surface area contributed by atoms with Gasteiger partial charge in [0.25, 0.3) is 5.56 Å². The Kier molecular flexibility index (Phi) is 9.63. The molecule has 0 aromatic carbocycles. The van der Waals surface area contributed by atoms with Crippen molar-refractivity contribution in [3.63, 3.8) is 0 Å². The van der Waals surface area contributed by atoms with E-state index in [0.29, 0.717) is 23.4 Å². The van der Waals surface area contributed by atoms with E-state index in [1.807, 2.05) is 4.57 Å². The van der Waals surface area contributed by atoms with Crippen molar-refractivity contribution in [1.82, 2.24) is 19.5 Å². The van der Waals surface area contributed by atoms with E-state index in [2.05, 4.69) is 21.5 Å². The Bertz CT molecular complexity index is 763. The molecule has 1 fully saturated rings. The number of hydrogen-bond acceptors (Lipinski definition) is 5. The Labute approximate surface area is 233 Å². The second kappa shape index (κ2) is 9.68. The third kappa shape index (κ3) is 4.40. The van der Waals surface area contributed by atoms with Gasteiger partial charge in [-0.25, -0.2) is 9.97 Å². The summed E-state index contributed by atoms with van der Waals surface area (Å²) in [6, 6.07) is -0.106. The maximum Gasteiger partial charge on any atom is 1.00 e. The third-order valence-electron chi connectivity index (χ3n) is 4.12. The van der Waals surface area contributed by atoms with Gasteiger partial charge >= 0.3 is 116 Å². The Morgan fingerprint density at radius 1 is 1.52 bits per heavy atom. The number of aromatic amines is 1. The minimum absolute atomic E-state index is 0. The van der Waals surface area contributed by atoms with Gasteiger partial charge in [0.2, 0.25) is 0 Å². The van der Waals surface area contributed by atoms with Crippen LogP contribution in [0.15, 0.2) is 23.3 Å². The van der Waals surface area contributed by atoms with Crippen LogP contribution in [0, 0.1) is 12.8 Å². The van der Waals surface area contributed by atoms with Gasteiger partial charge in [0.1, 0.15) is 5.82 Å². The number of fused-ring (bicyclic) bond motifs is 1. The quantitative estimate of drug-likeness (QED) is 0.303. The van der Waals surface area contributed by atoms with Crippen molar-refractivity contribution >= 4 is 20.9 Å². The van der Waals surface area contributed by atoms with Gasteiger partial charge in [-0.05, 0) is 12.8 Å². The van der Waals surface area contributed by atoms with Gasteiger partial charge < -0.3 is 19.5 Å². The van der Waals surface area contributed by atoms with Crippen LogP contribution in [0.4, 0.5) is 0 Å². The molecule has 2 aromatic rings. The summed E-state index contributed by atoms with van der Waals surface area (Å²) in [5.41, 5.74) is 1.39. The summed E-state index contributed by atoms with van der Waals surface area (Å²) in [7, 11) is -0.246. The number of imidazole rings is 1. The number of aromatic nitrogens is 4. The molecule has 1 radical (unpaired) electrons. The maximum atomic E-state index is 11.9. The van der Waals surface area contributed by atoms with Crippen LogP contribution in [0.5, 0.6) is 0 Å². The molecular formula is C13H16N4O3Rb2Si+. The number of H-pyrrole nitrogens is 1. The molecule has 0 amide bonds. The summed E-state index contributed by atoms with van der Waals surface area (Å²) in [4.78, 5) is 32.5. The monoisotopic (exact) mass is 474 g/mol. The second-order valence-electron chi connectivity index (χ2n) is 5.33. The molecule has 3 N–H and O–H groups in total. The van der Waals surface area contributed by atoms with E-state index in [9.17, 15) is 14.7 Å². The number of nitrogens with zero attached hydrogens (tertiary/aromatic N) is 3. The predicted molar refractivity (Wildman–Crippen MR) is 78.0 cm³/mol. The van der Waals surface area contributed by atoms with Gasteiger partial charge in [0.15, 0.2) is 11.2 Å². The first-order valence-corrected chi connectivity index (χ1v) is 7.72. The Morgan fingerprint density at radius 3 is 2.78 bits per heavy atom. The third-order valence-corrected chi connectivity index (χ3v) is 5.09. The molecule has 2 heterocycles. The SMILES string of the molecule is C=C1[C@H](CO)[C@@H]([Si-]O)C[C@@H]1n1cnc2c(=O)[nH]c(C)nc21.[Rb+].[Rb+]. The molecule has 0 spiro atoms. The molecule has 0 unspecified atom stereocenters. The van der Waals surface area contributed by atoms with E-state index in [0.717, 1.165) is 5.57 Å². The summed E-state index contributed by atoms with van der Waals surface area (Å²) in [6.45, 7) is 5.75. The molecule has 2 aromatic heterocycles. The smallest absolute Gasteiger partial charge is 0.634 e. The molecule has 7 nitrogen and oxygen atoms in total. The van der Waals surface area contributed by atoms with E-state index in [1.54, 1.807) is 13.3 Å². The zero-order valence-electron chi connectivity index (χ0n) is 13.6. The number of rotatable bonds is 3. The predicted octanol–water partition coefficient (Wildman–Crippen LogP) is -6.05. The zero-order chi connectivity index (χ0) is 15.1. The number of aliphatic hydroxyl groups excluding tert-OH is 1. The molecule has 1 aliphatic rings. The molecule has 1 saturated carbocycles. The molecule has 3 atom stereocenters. The van der Waals surface area contributed by atoms with Crippen LogP contribution in [0.3, 0.4) is 0 Å². The van der Waals surface area contributed by atoms with E-state index in [1.165, 1.54) is 0 Å². The van der Waals surface area contributed by atoms with Gasteiger partial charge in [0.05, 0.1) is 12.4 Å². The van der Waals surface area contributed by atoms with Crippen molar-refractivity contribution in [3.05, 3.63) is 34.7 Å². The number of nitrogens with one attached hydrogen (secondary N) is 1. The van der Waals surface area contributed by atoms with Crippen molar-refractivity contribution in [2.24, 2.45) is 5.92 Å². The topological polar surface area (TPSA) is 104 Å². The summed E-state index contributed by atoms with van der Waals surface area (Å²) in [6.07, 6.45) is 2.25. The summed E-state index contributed by atoms with van der Waals surface area (Å²) < 4.78 is 1.82. The molecule has 111 valence electrons. The fraction of sp³-hybridized carbons (Fsp3) is 0.462. The number of aliphatic hydroxyl groups is 1. The fourth-order valence-electron chi connectivity index (χ4n) is 3.00. The zero-order valence-corrected chi connectivity index (χ0v) is 24.4. The second-order valence-corrected chi connectivity index (χ2v) is 6.33. The molecule has 3 rings (SSSR count). The largest absolute Gasteiger partial charge is 1.00 e. The van der Waals surface area contributed by atoms with Crippen LogP contribution >= 0.6 is 0 Å². The van der Waals surface area contributed by atoms with Crippen molar-refractivity contribution in [2.45, 2.75) is 24.9 Å². The summed E-state index contributed by atoms with van der Waals surface area (Å²) in [5, 5.41) is 9.49. The van der Waals surface area contributed by atoms with E-state index < -0.39 is 0 Å². The fourth-order valence-corrected chi connectivity index (χ4v) is 3.83. The molecule has 23 heavy (non-hydrogen) atoms. The van der Waals surface area contributed by atoms with Gasteiger partial charge in [-0.3, -0.25) is 14.6 Å². The number of aryl methyl sites for hydroxylation is 1. The average molecular weight is 475 g/mol. The summed E-state index contributed by atoms with van der Waals surface area (Å²) in [5.74, 6) is 0.399. The summed E-state index contributed by atoms with van der Waals surface area (Å²) >= 11 is 0. The van der Waals surface area contributed by atoms with Gasteiger partial charge in [-0.15, -0.1) is 0 Å². The van der Waals surface area contributed by atoms with Crippen LogP contribution in [-0.2, 0) is 0 Å². The van der Waals surface area contributed by atoms with Gasteiger partial charge in [0, 0.05) is 6.61 Å². The first-order valence-electron chi connectivity index (χ1n) is 6.69. The van der Waals surface area contributed by atoms with Gasteiger partial charge in [-0.2, -0.15) is 5.54 Å². The molecule has 0 saturated heterocycles. The van der Waals surface area contributed by atoms with Gasteiger partial charge in [-0.1, -0.05) is 18.6 Å². The first-order chi connectivity index (χ1) is 10.1. The minimum atomic E-state index is -0.265.